The van der Waals surface area contributed by atoms with E-state index in [9.17, 15) is 18.4 Å². The molecule has 4 nitrogen and oxygen atoms in total. The molecule has 0 fully saturated rings. The van der Waals surface area contributed by atoms with Crippen LogP contribution >= 0.6 is 12.8 Å². The molecule has 0 unspecified atom stereocenters. The van der Waals surface area contributed by atoms with Crippen LogP contribution < -0.4 is 10.5 Å². The SMILES string of the molecule is CC(C)(C)[C@@H](C(=O)NS)[C@H](CCc1cc(F)cc(F)c1)C(N)=O. The van der Waals surface area contributed by atoms with Crippen molar-refractivity contribution in [2.45, 2.75) is 33.6 Å². The number of hydrogen-bond acceptors (Lipinski definition) is 3. The third-order valence-electron chi connectivity index (χ3n) is 3.76. The molecule has 1 rings (SSSR count). The van der Waals surface area contributed by atoms with Gasteiger partial charge >= 0.3 is 0 Å². The van der Waals surface area contributed by atoms with Crippen LogP contribution in [0, 0.1) is 28.9 Å². The topological polar surface area (TPSA) is 72.2 Å². The first-order chi connectivity index (χ1) is 10.6. The Morgan fingerprint density at radius 2 is 1.74 bits per heavy atom. The predicted octanol–water partition coefficient (Wildman–Crippen LogP) is 2.62. The van der Waals surface area contributed by atoms with Crippen LogP contribution in [0.2, 0.25) is 0 Å². The summed E-state index contributed by atoms with van der Waals surface area (Å²) in [5.74, 6) is -3.87. The van der Waals surface area contributed by atoms with Gasteiger partial charge in [0.25, 0.3) is 0 Å². The van der Waals surface area contributed by atoms with Crippen LogP contribution in [0.1, 0.15) is 32.8 Å². The maximum atomic E-state index is 13.2. The first kappa shape index (κ1) is 19.4. The molecule has 0 aromatic heterocycles. The molecule has 0 aliphatic carbocycles. The molecular formula is C16H22F2N2O2S. The van der Waals surface area contributed by atoms with Crippen LogP contribution in [0.3, 0.4) is 0 Å². The predicted molar refractivity (Wildman–Crippen MR) is 87.4 cm³/mol. The lowest BCUT2D eigenvalue weighted by Crippen LogP contribution is -2.44. The number of thiol groups is 1. The van der Waals surface area contributed by atoms with Crippen LogP contribution in [0.5, 0.6) is 0 Å². The smallest absolute Gasteiger partial charge is 0.234 e. The summed E-state index contributed by atoms with van der Waals surface area (Å²) >= 11 is 3.76. The summed E-state index contributed by atoms with van der Waals surface area (Å²) in [6.45, 7) is 5.45. The van der Waals surface area contributed by atoms with Crippen LogP contribution in [-0.2, 0) is 16.0 Å². The van der Waals surface area contributed by atoms with Gasteiger partial charge in [0, 0.05) is 6.07 Å². The largest absolute Gasteiger partial charge is 0.369 e. The van der Waals surface area contributed by atoms with Gasteiger partial charge in [-0.05, 0) is 36.0 Å². The molecule has 3 N–H and O–H groups in total. The number of carbonyl (C=O) groups excluding carboxylic acids is 2. The van der Waals surface area contributed by atoms with Crippen molar-refractivity contribution < 1.29 is 18.4 Å². The zero-order chi connectivity index (χ0) is 17.8. The van der Waals surface area contributed by atoms with Crippen molar-refractivity contribution in [3.63, 3.8) is 0 Å². The number of carbonyl (C=O) groups is 2. The number of benzene rings is 1. The molecule has 1 aromatic carbocycles. The summed E-state index contributed by atoms with van der Waals surface area (Å²) in [6.07, 6.45) is 0.441. The maximum Gasteiger partial charge on any atom is 0.234 e. The minimum Gasteiger partial charge on any atom is -0.369 e. The molecule has 2 amide bonds. The van der Waals surface area contributed by atoms with Crippen molar-refractivity contribution in [1.82, 2.24) is 4.72 Å². The van der Waals surface area contributed by atoms with Gasteiger partial charge in [-0.15, -0.1) is 0 Å². The van der Waals surface area contributed by atoms with Crippen LogP contribution in [-0.4, -0.2) is 11.8 Å². The first-order valence-corrected chi connectivity index (χ1v) is 7.69. The second-order valence-electron chi connectivity index (χ2n) is 6.64. The molecular weight excluding hydrogens is 322 g/mol. The quantitative estimate of drug-likeness (QED) is 0.694. The van der Waals surface area contributed by atoms with Gasteiger partial charge in [-0.2, -0.15) is 0 Å². The number of amides is 2. The normalized spacial score (nSPS) is 14.2. The maximum absolute atomic E-state index is 13.2. The summed E-state index contributed by atoms with van der Waals surface area (Å²) in [5, 5.41) is 0. The number of halogens is 2. The fourth-order valence-corrected chi connectivity index (χ4v) is 2.94. The minimum atomic E-state index is -0.770. The van der Waals surface area contributed by atoms with E-state index >= 15 is 0 Å². The van der Waals surface area contributed by atoms with Gasteiger partial charge < -0.3 is 10.5 Å². The van der Waals surface area contributed by atoms with E-state index in [2.05, 4.69) is 17.5 Å². The van der Waals surface area contributed by atoms with Crippen molar-refractivity contribution in [3.8, 4) is 0 Å². The Labute approximate surface area is 140 Å². The highest BCUT2D eigenvalue weighted by Crippen LogP contribution is 2.35. The van der Waals surface area contributed by atoms with E-state index < -0.39 is 40.7 Å². The fourth-order valence-electron chi connectivity index (χ4n) is 2.80. The molecule has 2 atom stereocenters. The fraction of sp³-hybridized carbons (Fsp3) is 0.500. The molecule has 0 aliphatic heterocycles. The molecule has 0 bridgehead atoms. The molecule has 0 saturated heterocycles. The Morgan fingerprint density at radius 1 is 1.22 bits per heavy atom. The van der Waals surface area contributed by atoms with E-state index in [-0.39, 0.29) is 12.8 Å². The second kappa shape index (κ2) is 7.77. The summed E-state index contributed by atoms with van der Waals surface area (Å²) in [7, 11) is 0. The monoisotopic (exact) mass is 344 g/mol. The van der Waals surface area contributed by atoms with Crippen LogP contribution in [0.4, 0.5) is 8.78 Å². The number of aryl methyl sites for hydroxylation is 1. The average Bonchev–Trinajstić information content (AvgIpc) is 2.39. The van der Waals surface area contributed by atoms with Gasteiger partial charge in [-0.25, -0.2) is 8.78 Å². The Kier molecular flexibility index (Phi) is 6.56. The highest BCUT2D eigenvalue weighted by Gasteiger charge is 2.40. The Hall–Kier alpha value is -1.63. The third-order valence-corrected chi connectivity index (χ3v) is 3.98. The van der Waals surface area contributed by atoms with Gasteiger partial charge in [0.2, 0.25) is 11.8 Å². The number of hydrogen-bond donors (Lipinski definition) is 3. The van der Waals surface area contributed by atoms with E-state index in [1.54, 1.807) is 0 Å². The molecule has 23 heavy (non-hydrogen) atoms. The van der Waals surface area contributed by atoms with Crippen LogP contribution in [0.25, 0.3) is 0 Å². The van der Waals surface area contributed by atoms with Crippen molar-refractivity contribution >= 4 is 24.6 Å². The number of rotatable bonds is 6. The molecule has 0 radical (unpaired) electrons. The average molecular weight is 344 g/mol. The summed E-state index contributed by atoms with van der Waals surface area (Å²) in [4.78, 5) is 23.9. The van der Waals surface area contributed by atoms with Crippen LogP contribution in [0.15, 0.2) is 18.2 Å². The zero-order valence-electron chi connectivity index (χ0n) is 13.4. The van der Waals surface area contributed by atoms with Gasteiger partial charge in [-0.3, -0.25) is 9.59 Å². The molecule has 1 aromatic rings. The molecule has 0 saturated carbocycles. The number of primary amides is 1. The van der Waals surface area contributed by atoms with E-state index in [4.69, 9.17) is 5.73 Å². The van der Waals surface area contributed by atoms with Gasteiger partial charge in [0.1, 0.15) is 11.6 Å². The third kappa shape index (κ3) is 5.49. The van der Waals surface area contributed by atoms with Gasteiger partial charge in [0.15, 0.2) is 0 Å². The van der Waals surface area contributed by atoms with E-state index in [0.29, 0.717) is 5.56 Å². The summed E-state index contributed by atoms with van der Waals surface area (Å²) in [6, 6.07) is 3.18. The van der Waals surface area contributed by atoms with Crippen molar-refractivity contribution in [3.05, 3.63) is 35.4 Å². The number of nitrogens with one attached hydrogen (secondary N) is 1. The molecule has 128 valence electrons. The van der Waals surface area contributed by atoms with Gasteiger partial charge in [-0.1, -0.05) is 33.6 Å². The van der Waals surface area contributed by atoms with Crippen molar-refractivity contribution in [2.24, 2.45) is 23.0 Å². The second-order valence-corrected chi connectivity index (χ2v) is 6.87. The standard InChI is InChI=1S/C16H22F2N2O2S/c1-16(2,3)13(15(22)20-23)12(14(19)21)5-4-9-6-10(17)8-11(18)7-9/h6-8,12-13,23H,4-5H2,1-3H3,(H2,19,21)(H,20,22)/t12-,13+/m0/s1. The Bertz CT molecular complexity index is 568. The highest BCUT2D eigenvalue weighted by molar-refractivity contribution is 7.78. The highest BCUT2D eigenvalue weighted by atomic mass is 32.1. The molecule has 0 heterocycles. The number of nitrogens with two attached hydrogens (primary N) is 1. The zero-order valence-corrected chi connectivity index (χ0v) is 14.3. The minimum absolute atomic E-state index is 0.210. The van der Waals surface area contributed by atoms with Crippen molar-refractivity contribution in [1.29, 1.82) is 0 Å². The van der Waals surface area contributed by atoms with Gasteiger partial charge in [0.05, 0.1) is 11.8 Å². The summed E-state index contributed by atoms with van der Waals surface area (Å²) in [5.41, 5.74) is 5.34. The lowest BCUT2D eigenvalue weighted by atomic mass is 9.70. The molecule has 7 heteroatoms. The Balaban J connectivity index is 3.01. The molecule has 0 spiro atoms. The lowest BCUT2D eigenvalue weighted by molar-refractivity contribution is -0.136. The molecule has 0 aliphatic rings. The van der Waals surface area contributed by atoms with E-state index in [1.807, 2.05) is 20.8 Å². The van der Waals surface area contributed by atoms with Crippen molar-refractivity contribution in [2.75, 3.05) is 0 Å². The first-order valence-electron chi connectivity index (χ1n) is 7.24. The van der Waals surface area contributed by atoms with E-state index in [1.165, 1.54) is 12.1 Å². The Morgan fingerprint density at radius 3 is 2.13 bits per heavy atom. The summed E-state index contributed by atoms with van der Waals surface area (Å²) < 4.78 is 28.7. The van der Waals surface area contributed by atoms with E-state index in [0.717, 1.165) is 6.07 Å². The lowest BCUT2D eigenvalue weighted by Gasteiger charge is -2.34.